The van der Waals surface area contributed by atoms with Crippen LogP contribution in [0.25, 0.3) is 0 Å². The molecule has 49 heavy (non-hydrogen) atoms. The molecule has 16 nitrogen and oxygen atoms in total. The molecule has 1 aliphatic rings. The predicted molar refractivity (Wildman–Crippen MR) is 196 cm³/mol. The molecule has 19 heteroatoms. The molecule has 0 aliphatic heterocycles. The second-order valence-corrected chi connectivity index (χ2v) is 11.8. The number of carboxylic acids is 3. The Kier molecular flexibility index (Phi) is 47.4. The summed E-state index contributed by atoms with van der Waals surface area (Å²) in [6, 6.07) is 0. The van der Waals surface area contributed by atoms with Crippen molar-refractivity contribution in [2.45, 2.75) is 80.1 Å². The number of carboxylic acid groups (broad SMARTS) is 3. The summed E-state index contributed by atoms with van der Waals surface area (Å²) in [6.45, 7) is 11.8. The van der Waals surface area contributed by atoms with Crippen LogP contribution in [0.2, 0.25) is 0 Å². The number of thiol groups is 3. The number of primary amides is 2. The zero-order valence-electron chi connectivity index (χ0n) is 29.4. The lowest BCUT2D eigenvalue weighted by Gasteiger charge is -2.27. The number of aliphatic carboxylic acids is 3. The first-order valence-electron chi connectivity index (χ1n) is 14.9. The number of carbonyl (C=O) groups is 6. The molecule has 0 aromatic carbocycles. The first kappa shape index (κ1) is 58.5. The van der Waals surface area contributed by atoms with Gasteiger partial charge in [0, 0.05) is 29.1 Å². The molecule has 0 aromatic heterocycles. The molecule has 1 aliphatic carbocycles. The van der Waals surface area contributed by atoms with Crippen molar-refractivity contribution in [2.75, 3.05) is 50.3 Å². The number of nitrogens with two attached hydrogens (primary N) is 2. The van der Waals surface area contributed by atoms with E-state index in [1.807, 2.05) is 13.8 Å². The van der Waals surface area contributed by atoms with Crippen LogP contribution in [-0.2, 0) is 28.7 Å². The Hall–Kier alpha value is -2.71. The van der Waals surface area contributed by atoms with Gasteiger partial charge in [-0.2, -0.15) is 37.9 Å². The fraction of sp³-hybridized carbons (Fsp3) is 0.733. The Morgan fingerprint density at radius 2 is 1.04 bits per heavy atom. The molecule has 1 rings (SSSR count). The Balaban J connectivity index is -0.000000112. The summed E-state index contributed by atoms with van der Waals surface area (Å²) >= 11 is 11.0. The van der Waals surface area contributed by atoms with Gasteiger partial charge in [-0.3, -0.25) is 19.2 Å². The van der Waals surface area contributed by atoms with Gasteiger partial charge in [-0.15, -0.1) is 0 Å². The van der Waals surface area contributed by atoms with Gasteiger partial charge in [-0.1, -0.05) is 26.3 Å². The number of ketones is 1. The highest BCUT2D eigenvalue weighted by Crippen LogP contribution is 2.32. The second kappa shape index (κ2) is 39.7. The molecule has 0 fully saturated rings. The van der Waals surface area contributed by atoms with E-state index in [9.17, 15) is 28.8 Å². The SMILES string of the molecule is CC1=CC(=O)CC(C)(C)C1.CCC(CO)(CO)CO.CCOC(N)=O.CCOC(N)=O.O=C(O)CCS.O=C(O)CCS.O=C(O)CCS. The third kappa shape index (κ3) is 57.9. The van der Waals surface area contributed by atoms with Crippen LogP contribution in [0.5, 0.6) is 0 Å². The fourth-order valence-electron chi connectivity index (χ4n) is 2.72. The molecule has 0 saturated heterocycles. The summed E-state index contributed by atoms with van der Waals surface area (Å²) < 4.78 is 8.36. The molecular weight excluding hydrogens is 709 g/mol. The molecular formula is C30H60N2O14S3. The van der Waals surface area contributed by atoms with Gasteiger partial charge in [-0.05, 0) is 45.1 Å². The van der Waals surface area contributed by atoms with E-state index >= 15 is 0 Å². The highest BCUT2D eigenvalue weighted by molar-refractivity contribution is 7.80. The highest BCUT2D eigenvalue weighted by Gasteiger charge is 2.25. The van der Waals surface area contributed by atoms with Crippen molar-refractivity contribution in [3.8, 4) is 0 Å². The first-order valence-corrected chi connectivity index (χ1v) is 16.8. The van der Waals surface area contributed by atoms with E-state index in [2.05, 4.69) is 72.7 Å². The first-order chi connectivity index (χ1) is 22.6. The van der Waals surface area contributed by atoms with Crippen LogP contribution in [0.15, 0.2) is 11.6 Å². The molecule has 0 radical (unpaired) electrons. The number of carbonyl (C=O) groups excluding carboxylic acids is 3. The standard InChI is InChI=1S/C9H14O.C6H14O3.2C3H7NO2.3C3H6O2S/c1-7-4-8(10)6-9(2,3)5-7;1-2-6(3-7,4-8)5-9;2*1-2-6-3(4)5;3*4-3(5)1-2-6/h4H,5-6H2,1-3H3;7-9H,2-5H2,1H3;2*2H2,1H3,(H2,4,5);3*6H,1-2H2,(H,4,5). The van der Waals surface area contributed by atoms with Crippen molar-refractivity contribution in [1.82, 2.24) is 0 Å². The molecule has 2 amide bonds. The van der Waals surface area contributed by atoms with Crippen LogP contribution in [0.4, 0.5) is 9.59 Å². The summed E-state index contributed by atoms with van der Waals surface area (Å²) in [5.74, 6) is -0.797. The maximum absolute atomic E-state index is 11.0. The minimum atomic E-state index is -0.787. The van der Waals surface area contributed by atoms with E-state index < -0.39 is 35.5 Å². The van der Waals surface area contributed by atoms with Gasteiger partial charge in [0.25, 0.3) is 0 Å². The number of rotatable bonds is 12. The number of allylic oxidation sites excluding steroid dienone is 2. The van der Waals surface area contributed by atoms with Crippen molar-refractivity contribution in [2.24, 2.45) is 22.3 Å². The van der Waals surface area contributed by atoms with Crippen LogP contribution in [-0.4, -0.2) is 117 Å². The molecule has 10 N–H and O–H groups in total. The molecule has 0 bridgehead atoms. The Bertz CT molecular complexity index is 806. The van der Waals surface area contributed by atoms with Crippen LogP contribution in [0.1, 0.15) is 80.1 Å². The largest absolute Gasteiger partial charge is 0.481 e. The average molecular weight is 769 g/mol. The third-order valence-corrected chi connectivity index (χ3v) is 5.79. The normalized spacial score (nSPS) is 12.0. The average Bonchev–Trinajstić information content (AvgIpc) is 2.95. The van der Waals surface area contributed by atoms with Crippen molar-refractivity contribution < 1.29 is 68.9 Å². The van der Waals surface area contributed by atoms with Crippen molar-refractivity contribution in [3.05, 3.63) is 11.6 Å². The van der Waals surface area contributed by atoms with Crippen LogP contribution < -0.4 is 11.5 Å². The maximum atomic E-state index is 11.0. The van der Waals surface area contributed by atoms with Gasteiger partial charge in [0.15, 0.2) is 5.78 Å². The lowest BCUT2D eigenvalue weighted by Crippen LogP contribution is -2.32. The second-order valence-electron chi connectivity index (χ2n) is 10.4. The number of amides is 2. The molecule has 0 saturated carbocycles. The topological polar surface area (TPSA) is 294 Å². The summed E-state index contributed by atoms with van der Waals surface area (Å²) in [6.07, 6.45) is 3.19. The molecule has 292 valence electrons. The number of hydrogen-bond acceptors (Lipinski definition) is 14. The summed E-state index contributed by atoms with van der Waals surface area (Å²) in [5.41, 5.74) is 9.84. The Morgan fingerprint density at radius 1 is 0.735 bits per heavy atom. The monoisotopic (exact) mass is 768 g/mol. The van der Waals surface area contributed by atoms with E-state index in [4.69, 9.17) is 30.6 Å². The number of aliphatic hydroxyl groups excluding tert-OH is 3. The van der Waals surface area contributed by atoms with Gasteiger partial charge in [0.1, 0.15) is 0 Å². The Labute approximate surface area is 306 Å². The molecule has 0 spiro atoms. The van der Waals surface area contributed by atoms with Crippen LogP contribution in [0, 0.1) is 10.8 Å². The highest BCUT2D eigenvalue weighted by atomic mass is 32.1. The van der Waals surface area contributed by atoms with Gasteiger partial charge in [0.2, 0.25) is 0 Å². The fourth-order valence-corrected chi connectivity index (χ4v) is 3.30. The summed E-state index contributed by atoms with van der Waals surface area (Å²) in [5, 5.41) is 49.6. The van der Waals surface area contributed by atoms with E-state index in [0.717, 1.165) is 6.42 Å². The third-order valence-electron chi connectivity index (χ3n) is 5.12. The van der Waals surface area contributed by atoms with E-state index in [1.165, 1.54) is 5.57 Å². The van der Waals surface area contributed by atoms with Crippen LogP contribution >= 0.6 is 37.9 Å². The number of hydrogen-bond donors (Lipinski definition) is 11. The van der Waals surface area contributed by atoms with E-state index in [0.29, 0.717) is 43.3 Å². The van der Waals surface area contributed by atoms with E-state index in [-0.39, 0.29) is 50.3 Å². The van der Waals surface area contributed by atoms with Gasteiger partial charge >= 0.3 is 30.1 Å². The van der Waals surface area contributed by atoms with Crippen molar-refractivity contribution in [1.29, 1.82) is 0 Å². The molecule has 0 unspecified atom stereocenters. The van der Waals surface area contributed by atoms with Crippen molar-refractivity contribution >= 4 is 73.8 Å². The molecule has 0 atom stereocenters. The number of aliphatic hydroxyl groups is 3. The van der Waals surface area contributed by atoms with E-state index in [1.54, 1.807) is 19.9 Å². The predicted octanol–water partition coefficient (Wildman–Crippen LogP) is 3.06. The van der Waals surface area contributed by atoms with Gasteiger partial charge in [-0.25, -0.2) is 9.59 Å². The quantitative estimate of drug-likeness (QED) is 0.127. The van der Waals surface area contributed by atoms with Crippen molar-refractivity contribution in [3.63, 3.8) is 0 Å². The van der Waals surface area contributed by atoms with Gasteiger partial charge in [0.05, 0.1) is 52.3 Å². The summed E-state index contributed by atoms with van der Waals surface area (Å²) in [4.78, 5) is 58.9. The van der Waals surface area contributed by atoms with Gasteiger partial charge < -0.3 is 51.6 Å². The summed E-state index contributed by atoms with van der Waals surface area (Å²) in [7, 11) is 0. The Morgan fingerprint density at radius 3 is 1.12 bits per heavy atom. The zero-order chi connectivity index (χ0) is 40.1. The smallest absolute Gasteiger partial charge is 0.404 e. The molecule has 0 heterocycles. The lowest BCUT2D eigenvalue weighted by atomic mass is 9.77. The number of ether oxygens (including phenoxy) is 2. The minimum absolute atomic E-state index is 0.156. The lowest BCUT2D eigenvalue weighted by molar-refractivity contribution is -0.137. The minimum Gasteiger partial charge on any atom is -0.481 e. The molecule has 0 aromatic rings. The maximum Gasteiger partial charge on any atom is 0.404 e. The zero-order valence-corrected chi connectivity index (χ0v) is 32.1. The van der Waals surface area contributed by atoms with Crippen LogP contribution in [0.3, 0.4) is 0 Å².